The molecular weight excluding hydrogens is 352 g/mol. The smallest absolute Gasteiger partial charge is 0.238 e. The van der Waals surface area contributed by atoms with Crippen LogP contribution in [-0.2, 0) is 4.79 Å². The summed E-state index contributed by atoms with van der Waals surface area (Å²) >= 11 is 5.98. The number of piperazine rings is 1. The molecule has 0 atom stereocenters. The van der Waals surface area contributed by atoms with E-state index in [1.165, 1.54) is 37.5 Å². The van der Waals surface area contributed by atoms with Crippen LogP contribution in [0.3, 0.4) is 0 Å². The van der Waals surface area contributed by atoms with Crippen LogP contribution < -0.4 is 10.6 Å². The maximum absolute atomic E-state index is 13.1. The van der Waals surface area contributed by atoms with Crippen molar-refractivity contribution >= 4 is 35.6 Å². The summed E-state index contributed by atoms with van der Waals surface area (Å²) in [6.45, 7) is 3.10. The van der Waals surface area contributed by atoms with Crippen LogP contribution in [0.15, 0.2) is 18.2 Å². The van der Waals surface area contributed by atoms with Crippen LogP contribution in [0, 0.1) is 5.82 Å². The normalized spacial score (nSPS) is 20.4. The van der Waals surface area contributed by atoms with Crippen molar-refractivity contribution in [1.29, 1.82) is 0 Å². The maximum atomic E-state index is 13.1. The lowest BCUT2D eigenvalue weighted by molar-refractivity contribution is -0.120. The summed E-state index contributed by atoms with van der Waals surface area (Å²) in [5.41, 5.74) is 0.575. The van der Waals surface area contributed by atoms with Crippen molar-refractivity contribution in [2.45, 2.75) is 37.6 Å². The first-order chi connectivity index (χ1) is 11.1. The molecule has 0 aromatic heterocycles. The van der Waals surface area contributed by atoms with E-state index >= 15 is 0 Å². The zero-order valence-electron chi connectivity index (χ0n) is 13.6. The predicted octanol–water partition coefficient (Wildman–Crippen LogP) is 3.45. The highest BCUT2D eigenvalue weighted by Gasteiger charge is 2.40. The molecule has 4 nitrogen and oxygen atoms in total. The Labute approximate surface area is 153 Å². The second-order valence-corrected chi connectivity index (χ2v) is 6.96. The molecule has 1 spiro atoms. The minimum absolute atomic E-state index is 0. The van der Waals surface area contributed by atoms with Crippen LogP contribution in [0.5, 0.6) is 0 Å². The second kappa shape index (κ2) is 8.48. The van der Waals surface area contributed by atoms with Gasteiger partial charge in [0.05, 0.1) is 17.3 Å². The van der Waals surface area contributed by atoms with Crippen molar-refractivity contribution in [3.05, 3.63) is 29.0 Å². The lowest BCUT2D eigenvalue weighted by Crippen LogP contribution is -2.63. The number of amides is 1. The van der Waals surface area contributed by atoms with Crippen molar-refractivity contribution < 1.29 is 9.18 Å². The van der Waals surface area contributed by atoms with E-state index in [4.69, 9.17) is 11.6 Å². The van der Waals surface area contributed by atoms with Gasteiger partial charge in [0.25, 0.3) is 0 Å². The summed E-state index contributed by atoms with van der Waals surface area (Å²) in [4.78, 5) is 14.7. The van der Waals surface area contributed by atoms with Gasteiger partial charge >= 0.3 is 0 Å². The number of hydrogen-bond acceptors (Lipinski definition) is 3. The van der Waals surface area contributed by atoms with Crippen molar-refractivity contribution in [1.82, 2.24) is 10.2 Å². The van der Waals surface area contributed by atoms with E-state index in [-0.39, 0.29) is 28.9 Å². The molecule has 1 aliphatic carbocycles. The summed E-state index contributed by atoms with van der Waals surface area (Å²) in [6.07, 6.45) is 6.02. The number of nitrogens with one attached hydrogen (secondary N) is 2. The molecule has 2 aliphatic rings. The third kappa shape index (κ3) is 4.39. The van der Waals surface area contributed by atoms with Crippen molar-refractivity contribution in [2.24, 2.45) is 0 Å². The Balaban J connectivity index is 0.00000208. The predicted molar refractivity (Wildman–Crippen MR) is 97.5 cm³/mol. The first-order valence-corrected chi connectivity index (χ1v) is 8.68. The molecule has 1 saturated heterocycles. The van der Waals surface area contributed by atoms with Gasteiger partial charge in [0.2, 0.25) is 5.91 Å². The quantitative estimate of drug-likeness (QED) is 0.850. The molecule has 7 heteroatoms. The van der Waals surface area contributed by atoms with Gasteiger partial charge in [0.15, 0.2) is 0 Å². The fraction of sp³-hybridized carbons (Fsp3) is 0.588. The van der Waals surface area contributed by atoms with Crippen LogP contribution in [0.2, 0.25) is 5.02 Å². The number of carbonyl (C=O) groups excluding carboxylic acids is 1. The Morgan fingerprint density at radius 2 is 2.08 bits per heavy atom. The molecule has 1 aromatic carbocycles. The number of benzene rings is 1. The van der Waals surface area contributed by atoms with Gasteiger partial charge < -0.3 is 10.6 Å². The minimum atomic E-state index is -0.406. The zero-order chi connectivity index (χ0) is 16.3. The lowest BCUT2D eigenvalue weighted by atomic mass is 9.79. The first kappa shape index (κ1) is 19.4. The van der Waals surface area contributed by atoms with Gasteiger partial charge in [-0.2, -0.15) is 0 Å². The van der Waals surface area contributed by atoms with Gasteiger partial charge in [-0.3, -0.25) is 9.69 Å². The SMILES string of the molecule is Cl.O=C(CN1CCNCC12CCCCC2)Nc1ccc(F)cc1Cl. The van der Waals surface area contributed by atoms with E-state index in [9.17, 15) is 9.18 Å². The molecule has 1 amide bonds. The molecule has 0 radical (unpaired) electrons. The summed E-state index contributed by atoms with van der Waals surface area (Å²) < 4.78 is 13.1. The topological polar surface area (TPSA) is 44.4 Å². The molecule has 24 heavy (non-hydrogen) atoms. The van der Waals surface area contributed by atoms with Crippen LogP contribution in [0.1, 0.15) is 32.1 Å². The average Bonchev–Trinajstić information content (AvgIpc) is 2.53. The fourth-order valence-electron chi connectivity index (χ4n) is 3.79. The third-order valence-electron chi connectivity index (χ3n) is 5.01. The minimum Gasteiger partial charge on any atom is -0.324 e. The number of carbonyl (C=O) groups is 1. The summed E-state index contributed by atoms with van der Waals surface area (Å²) in [5.74, 6) is -0.499. The second-order valence-electron chi connectivity index (χ2n) is 6.56. The van der Waals surface area contributed by atoms with Crippen LogP contribution in [-0.4, -0.2) is 42.5 Å². The Bertz CT molecular complexity index is 571. The van der Waals surface area contributed by atoms with Crippen molar-refractivity contribution in [2.75, 3.05) is 31.5 Å². The highest BCUT2D eigenvalue weighted by Crippen LogP contribution is 2.34. The van der Waals surface area contributed by atoms with Crippen LogP contribution >= 0.6 is 24.0 Å². The standard InChI is InChI=1S/C17H23ClFN3O.ClH/c18-14-10-13(19)4-5-15(14)21-16(23)11-22-9-8-20-12-17(22)6-2-1-3-7-17;/h4-5,10,20H,1-3,6-9,11-12H2,(H,21,23);1H. The highest BCUT2D eigenvalue weighted by molar-refractivity contribution is 6.33. The molecule has 2 fully saturated rings. The largest absolute Gasteiger partial charge is 0.324 e. The van der Waals surface area contributed by atoms with Crippen molar-refractivity contribution in [3.63, 3.8) is 0 Å². The van der Waals surface area contributed by atoms with Gasteiger partial charge in [-0.25, -0.2) is 4.39 Å². The third-order valence-corrected chi connectivity index (χ3v) is 5.32. The maximum Gasteiger partial charge on any atom is 0.238 e. The van der Waals surface area contributed by atoms with E-state index in [2.05, 4.69) is 15.5 Å². The average molecular weight is 376 g/mol. The van der Waals surface area contributed by atoms with Gasteiger partial charge in [0.1, 0.15) is 5.82 Å². The molecule has 1 aromatic rings. The molecule has 2 N–H and O–H groups in total. The Morgan fingerprint density at radius 1 is 1.33 bits per heavy atom. The van der Waals surface area contributed by atoms with Crippen molar-refractivity contribution in [3.8, 4) is 0 Å². The lowest BCUT2D eigenvalue weighted by Gasteiger charge is -2.49. The molecule has 1 heterocycles. The van der Waals surface area contributed by atoms with E-state index in [1.807, 2.05) is 0 Å². The molecule has 0 unspecified atom stereocenters. The number of hydrogen-bond donors (Lipinski definition) is 2. The Morgan fingerprint density at radius 3 is 2.79 bits per heavy atom. The number of rotatable bonds is 3. The highest BCUT2D eigenvalue weighted by atomic mass is 35.5. The van der Waals surface area contributed by atoms with E-state index in [0.29, 0.717) is 12.2 Å². The van der Waals surface area contributed by atoms with E-state index in [1.54, 1.807) is 0 Å². The fourth-order valence-corrected chi connectivity index (χ4v) is 4.00. The summed E-state index contributed by atoms with van der Waals surface area (Å²) in [6, 6.07) is 4.02. The number of nitrogens with zero attached hydrogens (tertiary/aromatic N) is 1. The van der Waals surface area contributed by atoms with Crippen LogP contribution in [0.4, 0.5) is 10.1 Å². The van der Waals surface area contributed by atoms with Crippen LogP contribution in [0.25, 0.3) is 0 Å². The van der Waals surface area contributed by atoms with E-state index < -0.39 is 5.82 Å². The monoisotopic (exact) mass is 375 g/mol. The number of halogens is 3. The Kier molecular flexibility index (Phi) is 6.87. The molecular formula is C17H24Cl2FN3O. The summed E-state index contributed by atoms with van der Waals surface area (Å²) in [5, 5.41) is 6.51. The molecule has 0 bridgehead atoms. The molecule has 1 saturated carbocycles. The number of anilines is 1. The Hall–Kier alpha value is -0.880. The summed E-state index contributed by atoms with van der Waals surface area (Å²) in [7, 11) is 0. The molecule has 1 aliphatic heterocycles. The van der Waals surface area contributed by atoms with E-state index in [0.717, 1.165) is 32.5 Å². The zero-order valence-corrected chi connectivity index (χ0v) is 15.2. The van der Waals surface area contributed by atoms with Gasteiger partial charge in [0, 0.05) is 25.2 Å². The van der Waals surface area contributed by atoms with Gasteiger partial charge in [-0.05, 0) is 31.0 Å². The first-order valence-electron chi connectivity index (χ1n) is 8.30. The van der Waals surface area contributed by atoms with Gasteiger partial charge in [-0.15, -0.1) is 12.4 Å². The molecule has 134 valence electrons. The van der Waals surface area contributed by atoms with Gasteiger partial charge in [-0.1, -0.05) is 30.9 Å². The molecule has 3 rings (SSSR count).